The molecule has 0 saturated heterocycles. The van der Waals surface area contributed by atoms with Gasteiger partial charge >= 0.3 is 0 Å². The van der Waals surface area contributed by atoms with E-state index < -0.39 is 0 Å². The van der Waals surface area contributed by atoms with E-state index in [0.29, 0.717) is 0 Å². The minimum Gasteiger partial charge on any atom is -0.237 e. The largest absolute Gasteiger partial charge is 0.237 e. The molecule has 0 saturated carbocycles. The van der Waals surface area contributed by atoms with Crippen molar-refractivity contribution >= 4 is 5.57 Å². The molecule has 0 amide bonds. The second-order valence-electron chi connectivity index (χ2n) is 4.21. The molecule has 2 rings (SSSR count). The summed E-state index contributed by atoms with van der Waals surface area (Å²) in [5.41, 5.74) is 1.13. The monoisotopic (exact) mass is 198 g/mol. The van der Waals surface area contributed by atoms with Gasteiger partial charge in [-0.1, -0.05) is 44.2 Å². The molecule has 1 aliphatic carbocycles. The van der Waals surface area contributed by atoms with Crippen molar-refractivity contribution in [1.82, 2.24) is 9.97 Å². The van der Waals surface area contributed by atoms with Crippen molar-refractivity contribution in [2.75, 3.05) is 0 Å². The first-order valence-corrected chi connectivity index (χ1v) is 5.03. The second kappa shape index (κ2) is 3.81. The molecule has 0 atom stereocenters. The molecule has 76 valence electrons. The third-order valence-corrected chi connectivity index (χ3v) is 2.26. The zero-order chi connectivity index (χ0) is 10.7. The van der Waals surface area contributed by atoms with Crippen molar-refractivity contribution in [2.24, 2.45) is 5.41 Å². The Morgan fingerprint density at radius 1 is 1.07 bits per heavy atom. The van der Waals surface area contributed by atoms with Crippen LogP contribution in [0.1, 0.15) is 19.7 Å². The van der Waals surface area contributed by atoms with Crippen LogP contribution in [0.4, 0.5) is 0 Å². The van der Waals surface area contributed by atoms with Gasteiger partial charge in [0.1, 0.15) is 0 Å². The van der Waals surface area contributed by atoms with Crippen molar-refractivity contribution in [1.29, 1.82) is 0 Å². The maximum atomic E-state index is 4.25. The van der Waals surface area contributed by atoms with Crippen LogP contribution in [0.3, 0.4) is 0 Å². The van der Waals surface area contributed by atoms with Crippen LogP contribution < -0.4 is 0 Å². The molecule has 15 heavy (non-hydrogen) atoms. The van der Waals surface area contributed by atoms with E-state index in [2.05, 4.69) is 42.0 Å². The van der Waals surface area contributed by atoms with Crippen LogP contribution in [-0.2, 0) is 0 Å². The smallest absolute Gasteiger partial charge is 0.158 e. The second-order valence-corrected chi connectivity index (χ2v) is 4.21. The minimum absolute atomic E-state index is 0.0536. The normalized spacial score (nSPS) is 18.4. The SMILES string of the molecule is CC1(C)C=CC=CC(c2ncccn2)=C1. The summed E-state index contributed by atoms with van der Waals surface area (Å²) in [7, 11) is 0. The van der Waals surface area contributed by atoms with Gasteiger partial charge in [-0.25, -0.2) is 9.97 Å². The zero-order valence-electron chi connectivity index (χ0n) is 9.01. The first kappa shape index (κ1) is 9.84. The molecule has 0 fully saturated rings. The fourth-order valence-corrected chi connectivity index (χ4v) is 1.55. The predicted molar refractivity (Wildman–Crippen MR) is 62.1 cm³/mol. The summed E-state index contributed by atoms with van der Waals surface area (Å²) in [6, 6.07) is 1.83. The highest BCUT2D eigenvalue weighted by atomic mass is 14.9. The lowest BCUT2D eigenvalue weighted by molar-refractivity contribution is 0.628. The van der Waals surface area contributed by atoms with Crippen LogP contribution in [-0.4, -0.2) is 9.97 Å². The zero-order valence-corrected chi connectivity index (χ0v) is 9.01. The summed E-state index contributed by atoms with van der Waals surface area (Å²) in [4.78, 5) is 8.50. The molecule has 0 spiro atoms. The average molecular weight is 198 g/mol. The van der Waals surface area contributed by atoms with E-state index in [4.69, 9.17) is 0 Å². The third-order valence-electron chi connectivity index (χ3n) is 2.26. The van der Waals surface area contributed by atoms with Gasteiger partial charge < -0.3 is 0 Å². The number of nitrogens with zero attached hydrogens (tertiary/aromatic N) is 2. The molecule has 1 aromatic rings. The Kier molecular flexibility index (Phi) is 2.50. The van der Waals surface area contributed by atoms with E-state index in [0.717, 1.165) is 11.4 Å². The Morgan fingerprint density at radius 3 is 2.53 bits per heavy atom. The lowest BCUT2D eigenvalue weighted by Gasteiger charge is -2.14. The topological polar surface area (TPSA) is 25.8 Å². The summed E-state index contributed by atoms with van der Waals surface area (Å²) in [6.45, 7) is 4.33. The summed E-state index contributed by atoms with van der Waals surface area (Å²) in [6.07, 6.45) is 14.0. The molecule has 0 aromatic carbocycles. The maximum absolute atomic E-state index is 4.25. The molecule has 2 heteroatoms. The number of rotatable bonds is 1. The number of allylic oxidation sites excluding steroid dienone is 6. The van der Waals surface area contributed by atoms with Crippen LogP contribution >= 0.6 is 0 Å². The molecule has 0 unspecified atom stereocenters. The van der Waals surface area contributed by atoms with Gasteiger partial charge in [0.15, 0.2) is 5.82 Å². The van der Waals surface area contributed by atoms with Crippen molar-refractivity contribution in [3.05, 3.63) is 54.7 Å². The van der Waals surface area contributed by atoms with E-state index in [1.165, 1.54) is 0 Å². The molecule has 1 aliphatic rings. The fraction of sp³-hybridized carbons (Fsp3) is 0.231. The number of hydrogen-bond acceptors (Lipinski definition) is 2. The Balaban J connectivity index is 2.42. The molecule has 0 bridgehead atoms. The fourth-order valence-electron chi connectivity index (χ4n) is 1.55. The van der Waals surface area contributed by atoms with E-state index in [1.54, 1.807) is 12.4 Å². The Hall–Kier alpha value is -1.70. The predicted octanol–water partition coefficient (Wildman–Crippen LogP) is 3.01. The quantitative estimate of drug-likeness (QED) is 0.693. The Labute approximate surface area is 90.1 Å². The van der Waals surface area contributed by atoms with Gasteiger partial charge in [-0.15, -0.1) is 0 Å². The average Bonchev–Trinajstić information content (AvgIpc) is 2.41. The first-order chi connectivity index (χ1) is 7.17. The van der Waals surface area contributed by atoms with Crippen LogP contribution in [0.5, 0.6) is 0 Å². The van der Waals surface area contributed by atoms with Gasteiger partial charge in [0, 0.05) is 23.4 Å². The van der Waals surface area contributed by atoms with Crippen LogP contribution in [0.2, 0.25) is 0 Å². The molecule has 0 aliphatic heterocycles. The van der Waals surface area contributed by atoms with Crippen LogP contribution in [0.25, 0.3) is 5.57 Å². The maximum Gasteiger partial charge on any atom is 0.158 e. The molecule has 0 N–H and O–H groups in total. The highest BCUT2D eigenvalue weighted by Gasteiger charge is 2.14. The highest BCUT2D eigenvalue weighted by molar-refractivity contribution is 5.71. The molecule has 0 radical (unpaired) electrons. The van der Waals surface area contributed by atoms with Gasteiger partial charge in [0.2, 0.25) is 0 Å². The number of aromatic nitrogens is 2. The van der Waals surface area contributed by atoms with E-state index in [1.807, 2.05) is 18.2 Å². The summed E-state index contributed by atoms with van der Waals surface area (Å²) < 4.78 is 0. The summed E-state index contributed by atoms with van der Waals surface area (Å²) in [5, 5.41) is 0. The molecular formula is C13H14N2. The van der Waals surface area contributed by atoms with E-state index >= 15 is 0 Å². The van der Waals surface area contributed by atoms with Crippen molar-refractivity contribution in [2.45, 2.75) is 13.8 Å². The van der Waals surface area contributed by atoms with Gasteiger partial charge in [-0.3, -0.25) is 0 Å². The van der Waals surface area contributed by atoms with Crippen LogP contribution in [0, 0.1) is 5.41 Å². The number of hydrogen-bond donors (Lipinski definition) is 0. The van der Waals surface area contributed by atoms with Gasteiger partial charge in [0.25, 0.3) is 0 Å². The lowest BCUT2D eigenvalue weighted by atomic mass is 9.91. The lowest BCUT2D eigenvalue weighted by Crippen LogP contribution is -2.03. The standard InChI is InChI=1S/C13H14N2/c1-13(2)7-4-3-6-11(10-13)12-14-8-5-9-15-12/h3-10H,1-2H3. The van der Waals surface area contributed by atoms with Crippen molar-refractivity contribution < 1.29 is 0 Å². The third kappa shape index (κ3) is 2.40. The molecule has 1 aromatic heterocycles. The molecule has 2 nitrogen and oxygen atoms in total. The Morgan fingerprint density at radius 2 is 1.80 bits per heavy atom. The van der Waals surface area contributed by atoms with Crippen molar-refractivity contribution in [3.8, 4) is 0 Å². The Bertz CT molecular complexity index is 425. The van der Waals surface area contributed by atoms with Crippen molar-refractivity contribution in [3.63, 3.8) is 0 Å². The van der Waals surface area contributed by atoms with Gasteiger partial charge in [-0.05, 0) is 6.07 Å². The van der Waals surface area contributed by atoms with Gasteiger partial charge in [0.05, 0.1) is 0 Å². The van der Waals surface area contributed by atoms with Crippen LogP contribution in [0.15, 0.2) is 48.8 Å². The highest BCUT2D eigenvalue weighted by Crippen LogP contribution is 2.27. The van der Waals surface area contributed by atoms with E-state index in [9.17, 15) is 0 Å². The minimum atomic E-state index is 0.0536. The van der Waals surface area contributed by atoms with Gasteiger partial charge in [-0.2, -0.15) is 0 Å². The summed E-state index contributed by atoms with van der Waals surface area (Å²) >= 11 is 0. The molecular weight excluding hydrogens is 184 g/mol. The molecule has 1 heterocycles. The summed E-state index contributed by atoms with van der Waals surface area (Å²) in [5.74, 6) is 0.783. The van der Waals surface area contributed by atoms with E-state index in [-0.39, 0.29) is 5.41 Å². The first-order valence-electron chi connectivity index (χ1n) is 5.03.